The largest absolute Gasteiger partial charge is 0.480 e. The molecule has 1 unspecified atom stereocenters. The van der Waals surface area contributed by atoms with Gasteiger partial charge in [0, 0.05) is 6.07 Å². The zero-order valence-electron chi connectivity index (χ0n) is 9.54. The van der Waals surface area contributed by atoms with Crippen LogP contribution in [-0.4, -0.2) is 23.1 Å². The first-order valence-corrected chi connectivity index (χ1v) is 5.19. The van der Waals surface area contributed by atoms with Crippen molar-refractivity contribution in [3.63, 3.8) is 0 Å². The lowest BCUT2D eigenvalue weighted by Crippen LogP contribution is -2.42. The van der Waals surface area contributed by atoms with Gasteiger partial charge < -0.3 is 15.7 Å². The number of hydrogen-bond donors (Lipinski definition) is 3. The number of carboxylic acids is 1. The molecular weight excluding hydrogens is 246 g/mol. The van der Waals surface area contributed by atoms with Gasteiger partial charge in [-0.15, -0.1) is 0 Å². The van der Waals surface area contributed by atoms with Crippen LogP contribution < -0.4 is 10.6 Å². The summed E-state index contributed by atoms with van der Waals surface area (Å²) < 4.78 is 26.0. The summed E-state index contributed by atoms with van der Waals surface area (Å²) in [7, 11) is 0. The number of halogens is 2. The van der Waals surface area contributed by atoms with Gasteiger partial charge in [-0.2, -0.15) is 0 Å². The van der Waals surface area contributed by atoms with Crippen molar-refractivity contribution < 1.29 is 23.5 Å². The van der Waals surface area contributed by atoms with Gasteiger partial charge in [-0.25, -0.2) is 18.4 Å². The number of aliphatic carboxylic acids is 1. The third-order valence-electron chi connectivity index (χ3n) is 2.19. The summed E-state index contributed by atoms with van der Waals surface area (Å²) >= 11 is 0. The van der Waals surface area contributed by atoms with Crippen molar-refractivity contribution in [3.05, 3.63) is 29.8 Å². The van der Waals surface area contributed by atoms with Gasteiger partial charge in [-0.1, -0.05) is 6.92 Å². The minimum Gasteiger partial charge on any atom is -0.480 e. The van der Waals surface area contributed by atoms with Crippen LogP contribution in [0.25, 0.3) is 0 Å². The molecule has 0 fully saturated rings. The van der Waals surface area contributed by atoms with E-state index in [0.29, 0.717) is 0 Å². The number of amides is 2. The van der Waals surface area contributed by atoms with E-state index in [1.165, 1.54) is 0 Å². The van der Waals surface area contributed by atoms with Crippen LogP contribution >= 0.6 is 0 Å². The summed E-state index contributed by atoms with van der Waals surface area (Å²) in [5.41, 5.74) is -0.354. The highest BCUT2D eigenvalue weighted by atomic mass is 19.1. The number of benzene rings is 1. The molecule has 1 aromatic carbocycles. The summed E-state index contributed by atoms with van der Waals surface area (Å²) in [5, 5.41) is 12.9. The van der Waals surface area contributed by atoms with E-state index in [2.05, 4.69) is 5.32 Å². The van der Waals surface area contributed by atoms with Crippen LogP contribution in [0.15, 0.2) is 18.2 Å². The van der Waals surface area contributed by atoms with E-state index >= 15 is 0 Å². The van der Waals surface area contributed by atoms with Gasteiger partial charge in [0.05, 0.1) is 5.69 Å². The molecule has 1 rings (SSSR count). The number of urea groups is 1. The maximum absolute atomic E-state index is 13.2. The van der Waals surface area contributed by atoms with Gasteiger partial charge in [-0.3, -0.25) is 0 Å². The molecular formula is C11H12F2N2O3. The van der Waals surface area contributed by atoms with Gasteiger partial charge in [-0.05, 0) is 18.6 Å². The van der Waals surface area contributed by atoms with Crippen molar-refractivity contribution in [2.24, 2.45) is 0 Å². The van der Waals surface area contributed by atoms with E-state index in [1.54, 1.807) is 6.92 Å². The average molecular weight is 258 g/mol. The summed E-state index contributed by atoms with van der Waals surface area (Å²) in [5.74, 6) is -2.72. The highest BCUT2D eigenvalue weighted by Gasteiger charge is 2.18. The van der Waals surface area contributed by atoms with Gasteiger partial charge in [0.2, 0.25) is 0 Å². The first-order valence-electron chi connectivity index (χ1n) is 5.19. The third kappa shape index (κ3) is 3.69. The zero-order valence-corrected chi connectivity index (χ0v) is 9.54. The van der Waals surface area contributed by atoms with Crippen molar-refractivity contribution in [1.82, 2.24) is 5.32 Å². The maximum atomic E-state index is 13.2. The second-order valence-corrected chi connectivity index (χ2v) is 3.52. The van der Waals surface area contributed by atoms with Crippen LogP contribution in [0, 0.1) is 11.6 Å². The van der Waals surface area contributed by atoms with Crippen LogP contribution in [0.1, 0.15) is 13.3 Å². The van der Waals surface area contributed by atoms with E-state index in [1.807, 2.05) is 5.32 Å². The summed E-state index contributed by atoms with van der Waals surface area (Å²) in [6, 6.07) is 0.580. The third-order valence-corrected chi connectivity index (χ3v) is 2.19. The van der Waals surface area contributed by atoms with Crippen LogP contribution in [0.3, 0.4) is 0 Å². The zero-order chi connectivity index (χ0) is 13.7. The average Bonchev–Trinajstić information content (AvgIpc) is 2.30. The molecule has 0 saturated carbocycles. The molecule has 18 heavy (non-hydrogen) atoms. The van der Waals surface area contributed by atoms with E-state index < -0.39 is 29.7 Å². The second kappa shape index (κ2) is 5.95. The molecule has 0 heterocycles. The molecule has 0 aliphatic carbocycles. The van der Waals surface area contributed by atoms with Crippen LogP contribution in [0.4, 0.5) is 19.3 Å². The number of rotatable bonds is 4. The molecule has 1 aromatic rings. The SMILES string of the molecule is CCC(NC(=O)Nc1cc(F)ccc1F)C(=O)O. The van der Waals surface area contributed by atoms with E-state index in [9.17, 15) is 18.4 Å². The fraction of sp³-hybridized carbons (Fsp3) is 0.273. The summed E-state index contributed by atoms with van der Waals surface area (Å²) in [4.78, 5) is 22.0. The van der Waals surface area contributed by atoms with Crippen molar-refractivity contribution in [3.8, 4) is 0 Å². The van der Waals surface area contributed by atoms with Crippen LogP contribution in [0.5, 0.6) is 0 Å². The number of hydrogen-bond acceptors (Lipinski definition) is 2. The Labute approximate surface area is 102 Å². The van der Waals surface area contributed by atoms with E-state index in [4.69, 9.17) is 5.11 Å². The molecule has 98 valence electrons. The molecule has 3 N–H and O–H groups in total. The Morgan fingerprint density at radius 3 is 2.61 bits per heavy atom. The smallest absolute Gasteiger partial charge is 0.326 e. The Morgan fingerprint density at radius 2 is 2.06 bits per heavy atom. The Balaban J connectivity index is 2.70. The second-order valence-electron chi connectivity index (χ2n) is 3.52. The maximum Gasteiger partial charge on any atom is 0.326 e. The van der Waals surface area contributed by atoms with Crippen molar-refractivity contribution >= 4 is 17.7 Å². The van der Waals surface area contributed by atoms with Crippen molar-refractivity contribution in [1.29, 1.82) is 0 Å². The Bertz CT molecular complexity index is 466. The van der Waals surface area contributed by atoms with Crippen molar-refractivity contribution in [2.75, 3.05) is 5.32 Å². The first kappa shape index (κ1) is 13.9. The lowest BCUT2D eigenvalue weighted by atomic mass is 10.2. The van der Waals surface area contributed by atoms with Gasteiger partial charge in [0.15, 0.2) is 0 Å². The lowest BCUT2D eigenvalue weighted by Gasteiger charge is -2.13. The van der Waals surface area contributed by atoms with E-state index in [-0.39, 0.29) is 12.1 Å². The van der Waals surface area contributed by atoms with Gasteiger partial charge in [0.1, 0.15) is 17.7 Å². The Kier molecular flexibility index (Phi) is 4.59. The minimum atomic E-state index is -1.20. The normalized spacial score (nSPS) is 11.7. The number of carbonyl (C=O) groups excluding carboxylic acids is 1. The highest BCUT2D eigenvalue weighted by Crippen LogP contribution is 2.14. The predicted molar refractivity (Wildman–Crippen MR) is 60.2 cm³/mol. The Morgan fingerprint density at radius 1 is 1.39 bits per heavy atom. The molecule has 0 bridgehead atoms. The quantitative estimate of drug-likeness (QED) is 0.772. The molecule has 0 spiro atoms. The first-order chi connectivity index (χ1) is 8.43. The standard InChI is InChI=1S/C11H12F2N2O3/c1-2-8(10(16)17)14-11(18)15-9-5-6(12)3-4-7(9)13/h3-5,8H,2H2,1H3,(H,16,17)(H2,14,15,18). The van der Waals surface area contributed by atoms with E-state index in [0.717, 1.165) is 18.2 Å². The summed E-state index contributed by atoms with van der Waals surface area (Å²) in [6.45, 7) is 1.57. The fourth-order valence-electron chi connectivity index (χ4n) is 1.25. The monoisotopic (exact) mass is 258 g/mol. The molecule has 0 saturated heterocycles. The fourth-order valence-corrected chi connectivity index (χ4v) is 1.25. The molecule has 0 aliphatic rings. The molecule has 7 heteroatoms. The van der Waals surface area contributed by atoms with Crippen molar-refractivity contribution in [2.45, 2.75) is 19.4 Å². The molecule has 0 aromatic heterocycles. The summed E-state index contributed by atoms with van der Waals surface area (Å²) in [6.07, 6.45) is 0.175. The molecule has 0 aliphatic heterocycles. The Hall–Kier alpha value is -2.18. The minimum absolute atomic E-state index is 0.175. The highest BCUT2D eigenvalue weighted by molar-refractivity contribution is 5.92. The van der Waals surface area contributed by atoms with Gasteiger partial charge in [0.25, 0.3) is 0 Å². The molecule has 1 atom stereocenters. The molecule has 0 radical (unpaired) electrons. The molecule has 2 amide bonds. The number of nitrogens with one attached hydrogen (secondary N) is 2. The number of carbonyl (C=O) groups is 2. The van der Waals surface area contributed by atoms with Crippen LogP contribution in [-0.2, 0) is 4.79 Å². The molecule has 5 nitrogen and oxygen atoms in total. The topological polar surface area (TPSA) is 78.4 Å². The van der Waals surface area contributed by atoms with Gasteiger partial charge >= 0.3 is 12.0 Å². The predicted octanol–water partition coefficient (Wildman–Crippen LogP) is 1.95. The van der Waals surface area contributed by atoms with Crippen LogP contribution in [0.2, 0.25) is 0 Å². The number of carboxylic acid groups (broad SMARTS) is 1. The lowest BCUT2D eigenvalue weighted by molar-refractivity contribution is -0.139. The number of anilines is 1.